The van der Waals surface area contributed by atoms with E-state index in [1.54, 1.807) is 34.1 Å². The van der Waals surface area contributed by atoms with Gasteiger partial charge in [-0.05, 0) is 24.3 Å². The number of carbonyl (C=O) groups is 2. The van der Waals surface area contributed by atoms with Crippen molar-refractivity contribution in [3.8, 4) is 0 Å². The molecule has 0 aliphatic carbocycles. The zero-order chi connectivity index (χ0) is 15.5. The summed E-state index contributed by atoms with van der Waals surface area (Å²) >= 11 is 4.32. The molecule has 5 nitrogen and oxygen atoms in total. The molecule has 0 radical (unpaired) electrons. The minimum absolute atomic E-state index is 0.0457. The summed E-state index contributed by atoms with van der Waals surface area (Å²) in [6, 6.07) is 10.6. The van der Waals surface area contributed by atoms with Crippen molar-refractivity contribution in [2.75, 3.05) is 26.2 Å². The average Bonchev–Trinajstić information content (AvgIpc) is 3.09. The highest BCUT2D eigenvalue weighted by Crippen LogP contribution is 2.17. The number of amides is 2. The van der Waals surface area contributed by atoms with Crippen LogP contribution in [-0.4, -0.2) is 47.8 Å². The second-order valence-corrected chi connectivity index (χ2v) is 5.56. The number of thiol groups is 1. The van der Waals surface area contributed by atoms with E-state index in [0.717, 1.165) is 0 Å². The van der Waals surface area contributed by atoms with Crippen molar-refractivity contribution >= 4 is 24.4 Å². The van der Waals surface area contributed by atoms with E-state index in [9.17, 15) is 9.59 Å². The maximum Gasteiger partial charge on any atom is 0.289 e. The van der Waals surface area contributed by atoms with Gasteiger partial charge in [0.05, 0.1) is 11.8 Å². The minimum Gasteiger partial charge on any atom is -0.459 e. The quantitative estimate of drug-likeness (QED) is 0.864. The van der Waals surface area contributed by atoms with Crippen LogP contribution in [0.25, 0.3) is 0 Å². The second-order valence-electron chi connectivity index (χ2n) is 5.08. The summed E-state index contributed by atoms with van der Waals surface area (Å²) in [5, 5.41) is 0. The van der Waals surface area contributed by atoms with Crippen LogP contribution in [0, 0.1) is 0 Å². The molecule has 1 saturated heterocycles. The van der Waals surface area contributed by atoms with Crippen LogP contribution in [0.1, 0.15) is 20.9 Å². The fourth-order valence-electron chi connectivity index (χ4n) is 2.49. The van der Waals surface area contributed by atoms with Gasteiger partial charge in [0.25, 0.3) is 11.8 Å². The summed E-state index contributed by atoms with van der Waals surface area (Å²) in [5.41, 5.74) is 0.594. The van der Waals surface area contributed by atoms with Crippen molar-refractivity contribution < 1.29 is 14.0 Å². The lowest BCUT2D eigenvalue weighted by Crippen LogP contribution is -2.50. The maximum atomic E-state index is 12.5. The zero-order valence-corrected chi connectivity index (χ0v) is 12.8. The first-order valence-electron chi connectivity index (χ1n) is 7.07. The van der Waals surface area contributed by atoms with Crippen LogP contribution in [-0.2, 0) is 0 Å². The summed E-state index contributed by atoms with van der Waals surface area (Å²) in [4.78, 5) is 28.8. The summed E-state index contributed by atoms with van der Waals surface area (Å²) in [5.74, 6) is 0.155. The Bertz CT molecular complexity index is 676. The van der Waals surface area contributed by atoms with Crippen LogP contribution in [0.5, 0.6) is 0 Å². The Balaban J connectivity index is 1.63. The molecule has 0 bridgehead atoms. The second kappa shape index (κ2) is 6.27. The lowest BCUT2D eigenvalue weighted by molar-refractivity contribution is 0.0516. The molecule has 6 heteroatoms. The van der Waals surface area contributed by atoms with E-state index >= 15 is 0 Å². The van der Waals surface area contributed by atoms with Gasteiger partial charge in [-0.1, -0.05) is 12.1 Å². The smallest absolute Gasteiger partial charge is 0.289 e. The van der Waals surface area contributed by atoms with Gasteiger partial charge in [0.15, 0.2) is 5.76 Å². The highest BCUT2D eigenvalue weighted by Gasteiger charge is 2.27. The molecule has 0 N–H and O–H groups in total. The molecule has 1 aliphatic heterocycles. The van der Waals surface area contributed by atoms with E-state index < -0.39 is 0 Å². The highest BCUT2D eigenvalue weighted by molar-refractivity contribution is 7.80. The molecule has 3 rings (SSSR count). The standard InChI is InChI=1S/C16H16N2O3S/c19-15(12-4-1-2-6-14(12)22)17-7-9-18(10-8-17)16(20)13-5-3-11-21-13/h1-6,11,22H,7-10H2. The Morgan fingerprint density at radius 2 is 1.55 bits per heavy atom. The van der Waals surface area contributed by atoms with Crippen molar-refractivity contribution in [3.05, 3.63) is 54.0 Å². The van der Waals surface area contributed by atoms with Crippen molar-refractivity contribution in [3.63, 3.8) is 0 Å². The summed E-state index contributed by atoms with van der Waals surface area (Å²) in [6.45, 7) is 2.01. The Morgan fingerprint density at radius 3 is 2.14 bits per heavy atom. The Kier molecular flexibility index (Phi) is 4.20. The van der Waals surface area contributed by atoms with Crippen LogP contribution in [0.2, 0.25) is 0 Å². The van der Waals surface area contributed by atoms with Gasteiger partial charge in [0.1, 0.15) is 0 Å². The molecular weight excluding hydrogens is 300 g/mol. The highest BCUT2D eigenvalue weighted by atomic mass is 32.1. The van der Waals surface area contributed by atoms with Crippen molar-refractivity contribution in [1.82, 2.24) is 9.80 Å². The van der Waals surface area contributed by atoms with Crippen LogP contribution in [0.3, 0.4) is 0 Å². The first-order chi connectivity index (χ1) is 10.7. The van der Waals surface area contributed by atoms with E-state index in [1.165, 1.54) is 6.26 Å². The lowest BCUT2D eigenvalue weighted by atomic mass is 10.1. The van der Waals surface area contributed by atoms with Gasteiger partial charge < -0.3 is 14.2 Å². The first kappa shape index (κ1) is 14.7. The molecule has 1 fully saturated rings. The lowest BCUT2D eigenvalue weighted by Gasteiger charge is -2.34. The number of piperazine rings is 1. The van der Waals surface area contributed by atoms with Gasteiger partial charge in [-0.25, -0.2) is 0 Å². The van der Waals surface area contributed by atoms with Crippen LogP contribution in [0.4, 0.5) is 0 Å². The van der Waals surface area contributed by atoms with Gasteiger partial charge in [-0.2, -0.15) is 0 Å². The van der Waals surface area contributed by atoms with Gasteiger partial charge in [-0.3, -0.25) is 9.59 Å². The molecule has 0 spiro atoms. The molecule has 1 aliphatic rings. The van der Waals surface area contributed by atoms with Crippen molar-refractivity contribution in [2.24, 2.45) is 0 Å². The predicted molar refractivity (Wildman–Crippen MR) is 84.2 cm³/mol. The van der Waals surface area contributed by atoms with E-state index in [1.807, 2.05) is 12.1 Å². The van der Waals surface area contributed by atoms with E-state index in [0.29, 0.717) is 42.4 Å². The molecule has 2 heterocycles. The number of hydrogen-bond acceptors (Lipinski definition) is 4. The van der Waals surface area contributed by atoms with Crippen molar-refractivity contribution in [1.29, 1.82) is 0 Å². The molecule has 2 aromatic rings. The number of rotatable bonds is 2. The van der Waals surface area contributed by atoms with E-state index in [4.69, 9.17) is 4.42 Å². The van der Waals surface area contributed by atoms with Gasteiger partial charge in [-0.15, -0.1) is 12.6 Å². The van der Waals surface area contributed by atoms with Crippen LogP contribution < -0.4 is 0 Å². The Hall–Kier alpha value is -2.21. The molecular formula is C16H16N2O3S. The predicted octanol–water partition coefficient (Wildman–Crippen LogP) is 2.17. The van der Waals surface area contributed by atoms with E-state index in [2.05, 4.69) is 12.6 Å². The summed E-state index contributed by atoms with van der Waals surface area (Å²) in [7, 11) is 0. The molecule has 1 aromatic carbocycles. The van der Waals surface area contributed by atoms with Gasteiger partial charge in [0, 0.05) is 31.1 Å². The summed E-state index contributed by atoms with van der Waals surface area (Å²) < 4.78 is 5.13. The minimum atomic E-state index is -0.133. The number of hydrogen-bond donors (Lipinski definition) is 1. The molecule has 22 heavy (non-hydrogen) atoms. The molecule has 1 aromatic heterocycles. The third kappa shape index (κ3) is 2.87. The first-order valence-corrected chi connectivity index (χ1v) is 7.51. The maximum absolute atomic E-state index is 12.5. The molecule has 0 unspecified atom stereocenters. The third-order valence-corrected chi connectivity index (χ3v) is 4.11. The topological polar surface area (TPSA) is 53.8 Å². The fourth-order valence-corrected chi connectivity index (χ4v) is 2.75. The number of furan rings is 1. The largest absolute Gasteiger partial charge is 0.459 e. The Morgan fingerprint density at radius 1 is 0.909 bits per heavy atom. The number of benzene rings is 1. The number of carbonyl (C=O) groups excluding carboxylic acids is 2. The monoisotopic (exact) mass is 316 g/mol. The van der Waals surface area contributed by atoms with Crippen LogP contribution in [0.15, 0.2) is 52.0 Å². The zero-order valence-electron chi connectivity index (χ0n) is 11.9. The third-order valence-electron chi connectivity index (χ3n) is 3.72. The normalized spacial score (nSPS) is 15.0. The molecule has 2 amide bonds. The Labute approximate surface area is 133 Å². The molecule has 114 valence electrons. The molecule has 0 saturated carbocycles. The SMILES string of the molecule is O=C(c1ccco1)N1CCN(C(=O)c2ccccc2S)CC1. The van der Waals surface area contributed by atoms with Gasteiger partial charge in [0.2, 0.25) is 0 Å². The van der Waals surface area contributed by atoms with E-state index in [-0.39, 0.29) is 11.8 Å². The average molecular weight is 316 g/mol. The summed E-state index contributed by atoms with van der Waals surface area (Å²) in [6.07, 6.45) is 1.48. The molecule has 0 atom stereocenters. The van der Waals surface area contributed by atoms with Gasteiger partial charge >= 0.3 is 0 Å². The van der Waals surface area contributed by atoms with Crippen LogP contribution >= 0.6 is 12.6 Å². The fraction of sp³-hybridized carbons (Fsp3) is 0.250. The van der Waals surface area contributed by atoms with Crippen molar-refractivity contribution in [2.45, 2.75) is 4.90 Å². The number of nitrogens with zero attached hydrogens (tertiary/aromatic N) is 2.